The fraction of sp³-hybridized carbons (Fsp3) is 0.562. The summed E-state index contributed by atoms with van der Waals surface area (Å²) in [4.78, 5) is 11.6. The zero-order valence-electron chi connectivity index (χ0n) is 12.8. The summed E-state index contributed by atoms with van der Waals surface area (Å²) in [5.41, 5.74) is 1.07. The number of benzene rings is 1. The fourth-order valence-corrected chi connectivity index (χ4v) is 1.99. The summed E-state index contributed by atoms with van der Waals surface area (Å²) in [6.07, 6.45) is 0.497. The molecule has 4 heteroatoms. The first-order chi connectivity index (χ1) is 9.56. The first kappa shape index (κ1) is 16.5. The fourth-order valence-electron chi connectivity index (χ4n) is 1.99. The number of ether oxygens (including phenoxy) is 2. The van der Waals surface area contributed by atoms with Gasteiger partial charge < -0.3 is 14.8 Å². The van der Waals surface area contributed by atoms with Crippen LogP contribution in [0.5, 0.6) is 5.75 Å². The van der Waals surface area contributed by atoms with Gasteiger partial charge in [-0.05, 0) is 45.0 Å². The third kappa shape index (κ3) is 5.61. The Kier molecular flexibility index (Phi) is 7.09. The average Bonchev–Trinajstić information content (AvgIpc) is 2.39. The van der Waals surface area contributed by atoms with Crippen molar-refractivity contribution < 1.29 is 14.3 Å². The van der Waals surface area contributed by atoms with Crippen molar-refractivity contribution in [2.45, 2.75) is 46.3 Å². The summed E-state index contributed by atoms with van der Waals surface area (Å²) in [6.45, 7) is 9.05. The Morgan fingerprint density at radius 1 is 1.20 bits per heavy atom. The second-order valence-corrected chi connectivity index (χ2v) is 4.86. The van der Waals surface area contributed by atoms with Crippen LogP contribution in [0.3, 0.4) is 0 Å². The van der Waals surface area contributed by atoms with E-state index in [-0.39, 0.29) is 18.1 Å². The highest BCUT2D eigenvalue weighted by molar-refractivity contribution is 5.70. The van der Waals surface area contributed by atoms with Gasteiger partial charge in [-0.3, -0.25) is 4.79 Å². The molecule has 1 aromatic rings. The summed E-state index contributed by atoms with van der Waals surface area (Å²) < 4.78 is 10.6. The van der Waals surface area contributed by atoms with E-state index in [2.05, 4.69) is 5.32 Å². The molecule has 0 radical (unpaired) electrons. The predicted molar refractivity (Wildman–Crippen MR) is 79.9 cm³/mol. The van der Waals surface area contributed by atoms with Crippen molar-refractivity contribution >= 4 is 5.97 Å². The minimum Gasteiger partial charge on any atom is -0.491 e. The molecule has 0 spiro atoms. The molecule has 1 rings (SSSR count). The molecule has 1 unspecified atom stereocenters. The summed E-state index contributed by atoms with van der Waals surface area (Å²) >= 11 is 0. The largest absolute Gasteiger partial charge is 0.491 e. The van der Waals surface area contributed by atoms with Gasteiger partial charge in [0.15, 0.2) is 0 Å². The van der Waals surface area contributed by atoms with Crippen LogP contribution in [-0.4, -0.2) is 25.2 Å². The van der Waals surface area contributed by atoms with Gasteiger partial charge in [0.1, 0.15) is 5.75 Å². The van der Waals surface area contributed by atoms with E-state index in [0.29, 0.717) is 13.0 Å². The lowest BCUT2D eigenvalue weighted by atomic mass is 10.0. The molecule has 0 amide bonds. The number of carbonyl (C=O) groups excluding carboxylic acids is 1. The Morgan fingerprint density at radius 2 is 1.85 bits per heavy atom. The molecular formula is C16H25NO3. The van der Waals surface area contributed by atoms with E-state index < -0.39 is 0 Å². The van der Waals surface area contributed by atoms with Crippen molar-refractivity contribution in [3.63, 3.8) is 0 Å². The van der Waals surface area contributed by atoms with Crippen molar-refractivity contribution in [2.75, 3.05) is 13.2 Å². The number of nitrogens with one attached hydrogen (secondary N) is 1. The highest BCUT2D eigenvalue weighted by Gasteiger charge is 2.15. The zero-order chi connectivity index (χ0) is 15.0. The minimum atomic E-state index is -0.180. The smallest absolute Gasteiger partial charge is 0.307 e. The van der Waals surface area contributed by atoms with E-state index in [1.165, 1.54) is 0 Å². The number of hydrogen-bond acceptors (Lipinski definition) is 4. The monoisotopic (exact) mass is 279 g/mol. The second kappa shape index (κ2) is 8.59. The van der Waals surface area contributed by atoms with Gasteiger partial charge in [-0.25, -0.2) is 0 Å². The Labute approximate surface area is 121 Å². The number of hydrogen-bond donors (Lipinski definition) is 1. The van der Waals surface area contributed by atoms with E-state index in [9.17, 15) is 4.79 Å². The molecule has 0 fully saturated rings. The SMILES string of the molecule is CCNC(CC(=O)OCC)c1ccc(OC(C)C)cc1. The van der Waals surface area contributed by atoms with Gasteiger partial charge in [-0.1, -0.05) is 19.1 Å². The van der Waals surface area contributed by atoms with Gasteiger partial charge in [0.05, 0.1) is 19.1 Å². The van der Waals surface area contributed by atoms with Gasteiger partial charge in [0, 0.05) is 6.04 Å². The molecular weight excluding hydrogens is 254 g/mol. The van der Waals surface area contributed by atoms with Crippen molar-refractivity contribution in [1.82, 2.24) is 5.32 Å². The Hall–Kier alpha value is -1.55. The number of carbonyl (C=O) groups is 1. The molecule has 0 aliphatic heterocycles. The average molecular weight is 279 g/mol. The van der Waals surface area contributed by atoms with Gasteiger partial charge in [0.25, 0.3) is 0 Å². The first-order valence-electron chi connectivity index (χ1n) is 7.22. The molecule has 0 saturated heterocycles. The second-order valence-electron chi connectivity index (χ2n) is 4.86. The van der Waals surface area contributed by atoms with Crippen molar-refractivity contribution in [3.05, 3.63) is 29.8 Å². The van der Waals surface area contributed by atoms with Gasteiger partial charge in [0.2, 0.25) is 0 Å². The molecule has 1 aromatic carbocycles. The van der Waals surface area contributed by atoms with Gasteiger partial charge >= 0.3 is 5.97 Å². The molecule has 1 atom stereocenters. The molecule has 0 heterocycles. The maximum atomic E-state index is 11.6. The third-order valence-corrected chi connectivity index (χ3v) is 2.78. The maximum absolute atomic E-state index is 11.6. The lowest BCUT2D eigenvalue weighted by Gasteiger charge is -2.18. The quantitative estimate of drug-likeness (QED) is 0.743. The van der Waals surface area contributed by atoms with E-state index in [1.807, 2.05) is 52.0 Å². The van der Waals surface area contributed by atoms with Crippen LogP contribution < -0.4 is 10.1 Å². The standard InChI is InChI=1S/C16H25NO3/c1-5-17-15(11-16(18)19-6-2)13-7-9-14(10-8-13)20-12(3)4/h7-10,12,15,17H,5-6,11H2,1-4H3. The summed E-state index contributed by atoms with van der Waals surface area (Å²) in [6, 6.07) is 7.83. The third-order valence-electron chi connectivity index (χ3n) is 2.78. The highest BCUT2D eigenvalue weighted by Crippen LogP contribution is 2.21. The molecule has 112 valence electrons. The highest BCUT2D eigenvalue weighted by atomic mass is 16.5. The van der Waals surface area contributed by atoms with Crippen LogP contribution in [-0.2, 0) is 9.53 Å². The normalized spacial score (nSPS) is 12.2. The Morgan fingerprint density at radius 3 is 2.35 bits per heavy atom. The lowest BCUT2D eigenvalue weighted by molar-refractivity contribution is -0.143. The minimum absolute atomic E-state index is 0.0212. The van der Waals surface area contributed by atoms with E-state index in [1.54, 1.807) is 0 Å². The molecule has 20 heavy (non-hydrogen) atoms. The van der Waals surface area contributed by atoms with Crippen LogP contribution >= 0.6 is 0 Å². The number of esters is 1. The Bertz CT molecular complexity index is 401. The predicted octanol–water partition coefficient (Wildman–Crippen LogP) is 3.08. The van der Waals surface area contributed by atoms with Crippen molar-refractivity contribution in [1.29, 1.82) is 0 Å². The summed E-state index contributed by atoms with van der Waals surface area (Å²) in [5.74, 6) is 0.663. The lowest BCUT2D eigenvalue weighted by Crippen LogP contribution is -2.24. The van der Waals surface area contributed by atoms with Crippen molar-refractivity contribution in [3.8, 4) is 5.75 Å². The maximum Gasteiger partial charge on any atom is 0.307 e. The Balaban J connectivity index is 2.73. The molecule has 0 aromatic heterocycles. The van der Waals surface area contributed by atoms with Crippen LogP contribution in [0.15, 0.2) is 24.3 Å². The molecule has 0 saturated carbocycles. The van der Waals surface area contributed by atoms with Crippen LogP contribution in [0.4, 0.5) is 0 Å². The van der Waals surface area contributed by atoms with Crippen LogP contribution in [0.2, 0.25) is 0 Å². The first-order valence-corrected chi connectivity index (χ1v) is 7.22. The molecule has 0 aliphatic carbocycles. The van der Waals surface area contributed by atoms with E-state index in [0.717, 1.165) is 17.9 Å². The number of rotatable bonds is 8. The summed E-state index contributed by atoms with van der Waals surface area (Å²) in [7, 11) is 0. The molecule has 0 aliphatic rings. The van der Waals surface area contributed by atoms with E-state index >= 15 is 0 Å². The molecule has 1 N–H and O–H groups in total. The van der Waals surface area contributed by atoms with Gasteiger partial charge in [-0.15, -0.1) is 0 Å². The van der Waals surface area contributed by atoms with Crippen LogP contribution in [0.25, 0.3) is 0 Å². The van der Waals surface area contributed by atoms with Crippen molar-refractivity contribution in [2.24, 2.45) is 0 Å². The van der Waals surface area contributed by atoms with Gasteiger partial charge in [-0.2, -0.15) is 0 Å². The van der Waals surface area contributed by atoms with Crippen LogP contribution in [0.1, 0.15) is 45.7 Å². The molecule has 0 bridgehead atoms. The van der Waals surface area contributed by atoms with Crippen LogP contribution in [0, 0.1) is 0 Å². The molecule has 4 nitrogen and oxygen atoms in total. The zero-order valence-corrected chi connectivity index (χ0v) is 12.8. The van der Waals surface area contributed by atoms with E-state index in [4.69, 9.17) is 9.47 Å². The topological polar surface area (TPSA) is 47.6 Å². The summed E-state index contributed by atoms with van der Waals surface area (Å²) in [5, 5.41) is 3.31.